The summed E-state index contributed by atoms with van der Waals surface area (Å²) in [7, 11) is 0. The maximum atomic E-state index is 11.7. The lowest BCUT2D eigenvalue weighted by Crippen LogP contribution is -2.10. The summed E-state index contributed by atoms with van der Waals surface area (Å²) in [4.78, 5) is 11.7. The number of aromatic hydroxyl groups is 2. The van der Waals surface area contributed by atoms with Crippen molar-refractivity contribution < 1.29 is 20.1 Å². The summed E-state index contributed by atoms with van der Waals surface area (Å²) >= 11 is 0. The van der Waals surface area contributed by atoms with Crippen molar-refractivity contribution in [3.63, 3.8) is 0 Å². The molecule has 0 amide bonds. The second-order valence-corrected chi connectivity index (χ2v) is 6.93. The number of carboxylic acids is 1. The SMILES string of the molecule is Cc1cc(O)c(C(c2cc(C)c(C)cc2O)c2cn[nH]c2C(=O)O)cc1C. The summed E-state index contributed by atoms with van der Waals surface area (Å²) in [6.07, 6.45) is 1.43. The maximum Gasteiger partial charge on any atom is 0.354 e. The molecule has 0 aliphatic rings. The Kier molecular flexibility index (Phi) is 4.66. The summed E-state index contributed by atoms with van der Waals surface area (Å²) in [5.41, 5.74) is 5.08. The maximum absolute atomic E-state index is 11.7. The standard InChI is InChI=1S/C21H22N2O4/c1-10-5-14(17(24)7-12(10)3)19(16-9-22-23-20(16)21(26)27)15-6-11(2)13(4)8-18(15)25/h5-9,19,24-25H,1-4H3,(H,22,23)(H,26,27). The molecule has 2 aromatic carbocycles. The van der Waals surface area contributed by atoms with Crippen LogP contribution in [0.5, 0.6) is 11.5 Å². The normalized spacial score (nSPS) is 11.1. The number of aromatic nitrogens is 2. The fourth-order valence-electron chi connectivity index (χ4n) is 3.30. The number of carboxylic acid groups (broad SMARTS) is 1. The number of phenolic OH excluding ortho intramolecular Hbond substituents is 2. The van der Waals surface area contributed by atoms with Gasteiger partial charge in [0, 0.05) is 22.6 Å². The predicted molar refractivity (Wildman–Crippen MR) is 102 cm³/mol. The smallest absolute Gasteiger partial charge is 0.354 e. The number of nitrogens with zero attached hydrogens (tertiary/aromatic N) is 1. The third-order valence-electron chi connectivity index (χ3n) is 5.10. The van der Waals surface area contributed by atoms with Crippen LogP contribution < -0.4 is 0 Å². The van der Waals surface area contributed by atoms with Crippen molar-refractivity contribution in [2.75, 3.05) is 0 Å². The molecule has 0 bridgehead atoms. The van der Waals surface area contributed by atoms with Crippen LogP contribution in [0.4, 0.5) is 0 Å². The molecule has 0 saturated heterocycles. The highest BCUT2D eigenvalue weighted by Gasteiger charge is 2.29. The first-order valence-corrected chi connectivity index (χ1v) is 8.57. The Morgan fingerprint density at radius 3 is 1.74 bits per heavy atom. The van der Waals surface area contributed by atoms with E-state index in [4.69, 9.17) is 0 Å². The van der Waals surface area contributed by atoms with Gasteiger partial charge in [0.25, 0.3) is 0 Å². The van der Waals surface area contributed by atoms with Gasteiger partial charge in [0.05, 0.1) is 6.20 Å². The van der Waals surface area contributed by atoms with Crippen molar-refractivity contribution in [3.8, 4) is 11.5 Å². The Bertz CT molecular complexity index is 979. The van der Waals surface area contributed by atoms with Crippen molar-refractivity contribution >= 4 is 5.97 Å². The molecule has 0 radical (unpaired) electrons. The molecule has 0 aliphatic heterocycles. The number of phenols is 2. The molecule has 0 fully saturated rings. The van der Waals surface area contributed by atoms with Gasteiger partial charge in [-0.2, -0.15) is 5.10 Å². The van der Waals surface area contributed by atoms with Gasteiger partial charge in [-0.25, -0.2) is 4.79 Å². The Balaban J connectivity index is 2.35. The molecule has 0 atom stereocenters. The average Bonchev–Trinajstić information content (AvgIpc) is 3.06. The molecule has 0 spiro atoms. The topological polar surface area (TPSA) is 106 Å². The van der Waals surface area contributed by atoms with E-state index in [1.807, 2.05) is 39.8 Å². The summed E-state index contributed by atoms with van der Waals surface area (Å²) < 4.78 is 0. The quantitative estimate of drug-likeness (QED) is 0.560. The number of aryl methyl sites for hydroxylation is 4. The zero-order valence-corrected chi connectivity index (χ0v) is 15.7. The highest BCUT2D eigenvalue weighted by molar-refractivity contribution is 5.87. The number of carbonyl (C=O) groups is 1. The molecule has 0 saturated carbocycles. The highest BCUT2D eigenvalue weighted by Crippen LogP contribution is 2.42. The van der Waals surface area contributed by atoms with Crippen molar-refractivity contribution in [1.29, 1.82) is 0 Å². The van der Waals surface area contributed by atoms with Gasteiger partial charge in [-0.1, -0.05) is 12.1 Å². The molecular formula is C21H22N2O4. The molecule has 27 heavy (non-hydrogen) atoms. The van der Waals surface area contributed by atoms with Crippen LogP contribution in [0.25, 0.3) is 0 Å². The lowest BCUT2D eigenvalue weighted by atomic mass is 9.82. The monoisotopic (exact) mass is 366 g/mol. The third-order valence-corrected chi connectivity index (χ3v) is 5.10. The van der Waals surface area contributed by atoms with Crippen molar-refractivity contribution in [3.05, 3.63) is 75.1 Å². The van der Waals surface area contributed by atoms with Gasteiger partial charge in [-0.3, -0.25) is 5.10 Å². The van der Waals surface area contributed by atoms with Crippen LogP contribution in [0, 0.1) is 27.7 Å². The Labute approximate surface area is 157 Å². The van der Waals surface area contributed by atoms with E-state index in [1.165, 1.54) is 6.20 Å². The fourth-order valence-corrected chi connectivity index (χ4v) is 3.30. The number of rotatable bonds is 4. The first-order valence-electron chi connectivity index (χ1n) is 8.57. The predicted octanol–water partition coefficient (Wildman–Crippen LogP) is 3.93. The molecule has 0 unspecified atom stereocenters. The Morgan fingerprint density at radius 1 is 0.852 bits per heavy atom. The Morgan fingerprint density at radius 2 is 1.30 bits per heavy atom. The van der Waals surface area contributed by atoms with Crippen molar-refractivity contribution in [2.24, 2.45) is 0 Å². The molecule has 3 rings (SSSR count). The minimum atomic E-state index is -1.15. The van der Waals surface area contributed by atoms with Gasteiger partial charge in [-0.15, -0.1) is 0 Å². The van der Waals surface area contributed by atoms with Crippen LogP contribution in [0.1, 0.15) is 55.4 Å². The number of H-pyrrole nitrogens is 1. The first-order chi connectivity index (χ1) is 12.7. The van der Waals surface area contributed by atoms with Crippen LogP contribution in [-0.2, 0) is 0 Å². The second kappa shape index (κ2) is 6.79. The van der Waals surface area contributed by atoms with Gasteiger partial charge in [-0.05, 0) is 62.1 Å². The summed E-state index contributed by atoms with van der Waals surface area (Å²) in [5.74, 6) is -1.76. The van der Waals surface area contributed by atoms with E-state index in [2.05, 4.69) is 10.2 Å². The van der Waals surface area contributed by atoms with E-state index < -0.39 is 11.9 Å². The molecule has 6 heteroatoms. The number of hydrogen-bond donors (Lipinski definition) is 4. The van der Waals surface area contributed by atoms with Crippen molar-refractivity contribution in [2.45, 2.75) is 33.6 Å². The lowest BCUT2D eigenvalue weighted by Gasteiger charge is -2.22. The summed E-state index contributed by atoms with van der Waals surface area (Å²) in [6, 6.07) is 6.94. The average molecular weight is 366 g/mol. The number of aromatic amines is 1. The van der Waals surface area contributed by atoms with E-state index in [0.717, 1.165) is 22.3 Å². The first kappa shape index (κ1) is 18.5. The van der Waals surface area contributed by atoms with Gasteiger partial charge in [0.1, 0.15) is 17.2 Å². The van der Waals surface area contributed by atoms with Crippen LogP contribution in [0.3, 0.4) is 0 Å². The molecule has 0 aliphatic carbocycles. The summed E-state index contributed by atoms with van der Waals surface area (Å²) in [5, 5.41) is 37.2. The largest absolute Gasteiger partial charge is 0.508 e. The molecule has 1 aromatic heterocycles. The zero-order valence-electron chi connectivity index (χ0n) is 15.7. The van der Waals surface area contributed by atoms with Gasteiger partial charge >= 0.3 is 5.97 Å². The molecule has 1 heterocycles. The van der Waals surface area contributed by atoms with Gasteiger partial charge in [0.2, 0.25) is 0 Å². The van der Waals surface area contributed by atoms with Gasteiger partial charge in [0.15, 0.2) is 0 Å². The van der Waals surface area contributed by atoms with Crippen LogP contribution >= 0.6 is 0 Å². The van der Waals surface area contributed by atoms with Crippen LogP contribution in [0.2, 0.25) is 0 Å². The lowest BCUT2D eigenvalue weighted by molar-refractivity contribution is 0.0689. The third kappa shape index (κ3) is 3.26. The van der Waals surface area contributed by atoms with Gasteiger partial charge < -0.3 is 15.3 Å². The van der Waals surface area contributed by atoms with E-state index in [0.29, 0.717) is 16.7 Å². The number of nitrogens with one attached hydrogen (secondary N) is 1. The number of aromatic carboxylic acids is 1. The molecule has 6 nitrogen and oxygen atoms in total. The number of hydrogen-bond acceptors (Lipinski definition) is 4. The molecular weight excluding hydrogens is 344 g/mol. The summed E-state index contributed by atoms with van der Waals surface area (Å²) in [6.45, 7) is 7.62. The fraction of sp³-hybridized carbons (Fsp3) is 0.238. The minimum Gasteiger partial charge on any atom is -0.508 e. The Hall–Kier alpha value is -3.28. The second-order valence-electron chi connectivity index (χ2n) is 6.93. The minimum absolute atomic E-state index is 0.0401. The van der Waals surface area contributed by atoms with E-state index in [1.54, 1.807) is 12.1 Å². The van der Waals surface area contributed by atoms with E-state index >= 15 is 0 Å². The van der Waals surface area contributed by atoms with Crippen LogP contribution in [0.15, 0.2) is 30.5 Å². The molecule has 4 N–H and O–H groups in total. The van der Waals surface area contributed by atoms with Crippen molar-refractivity contribution in [1.82, 2.24) is 10.2 Å². The zero-order chi connectivity index (χ0) is 19.9. The molecule has 140 valence electrons. The van der Waals surface area contributed by atoms with E-state index in [9.17, 15) is 20.1 Å². The highest BCUT2D eigenvalue weighted by atomic mass is 16.4. The van der Waals surface area contributed by atoms with Crippen LogP contribution in [-0.4, -0.2) is 31.5 Å². The van der Waals surface area contributed by atoms with E-state index in [-0.39, 0.29) is 17.2 Å². The molecule has 3 aromatic rings. The number of benzene rings is 2.